The fourth-order valence-electron chi connectivity index (χ4n) is 1.50. The van der Waals surface area contributed by atoms with E-state index in [1.807, 2.05) is 0 Å². The monoisotopic (exact) mass is 346 g/mol. The Labute approximate surface area is 141 Å². The van der Waals surface area contributed by atoms with E-state index < -0.39 is 0 Å². The van der Waals surface area contributed by atoms with Crippen LogP contribution < -0.4 is 10.5 Å². The van der Waals surface area contributed by atoms with Crippen LogP contribution in [-0.2, 0) is 14.2 Å². The standard InChI is InChI=1S/C14H22N4O4.ClH/c15-5-6-19-7-8-20-9-10-21-11-12-22-14-3-1-13(2-4-14)17-18-16;/h1-4H,5-12,15H2;1H. The van der Waals surface area contributed by atoms with Gasteiger partial charge >= 0.3 is 0 Å². The molecule has 0 atom stereocenters. The molecule has 0 aliphatic carbocycles. The molecule has 0 spiro atoms. The molecule has 9 heteroatoms. The molecule has 0 amide bonds. The van der Waals surface area contributed by atoms with Crippen LogP contribution in [0.3, 0.4) is 0 Å². The summed E-state index contributed by atoms with van der Waals surface area (Å²) in [6.45, 7) is 4.12. The van der Waals surface area contributed by atoms with E-state index in [1.54, 1.807) is 24.3 Å². The molecule has 8 nitrogen and oxygen atoms in total. The van der Waals surface area contributed by atoms with Crippen LogP contribution in [0.5, 0.6) is 5.75 Å². The number of rotatable bonds is 13. The third-order valence-corrected chi connectivity index (χ3v) is 2.50. The van der Waals surface area contributed by atoms with E-state index >= 15 is 0 Å². The number of hydrogen-bond donors (Lipinski definition) is 1. The maximum atomic E-state index is 8.29. The van der Waals surface area contributed by atoms with E-state index in [0.717, 1.165) is 0 Å². The SMILES string of the molecule is Cl.[N-]=[N+]=Nc1ccc(OCCOCCOCCOCCN)cc1. The second-order valence-corrected chi connectivity index (χ2v) is 4.16. The molecule has 0 unspecified atom stereocenters. The van der Waals surface area contributed by atoms with E-state index in [4.69, 9.17) is 30.2 Å². The molecule has 0 aliphatic rings. The number of nitrogens with zero attached hydrogens (tertiary/aromatic N) is 3. The summed E-state index contributed by atoms with van der Waals surface area (Å²) in [7, 11) is 0. The minimum Gasteiger partial charge on any atom is -0.491 e. The highest BCUT2D eigenvalue weighted by Crippen LogP contribution is 2.17. The van der Waals surface area contributed by atoms with Crippen molar-refractivity contribution in [1.29, 1.82) is 0 Å². The van der Waals surface area contributed by atoms with Crippen molar-refractivity contribution in [2.45, 2.75) is 0 Å². The first kappa shape index (κ1) is 21.5. The first-order valence-electron chi connectivity index (χ1n) is 7.08. The number of ether oxygens (including phenoxy) is 4. The summed E-state index contributed by atoms with van der Waals surface area (Å²) in [6.07, 6.45) is 0. The summed E-state index contributed by atoms with van der Waals surface area (Å²) in [5.74, 6) is 0.703. The quantitative estimate of drug-likeness (QED) is 0.255. The van der Waals surface area contributed by atoms with Crippen LogP contribution in [0.25, 0.3) is 10.4 Å². The van der Waals surface area contributed by atoms with E-state index in [0.29, 0.717) is 64.2 Å². The van der Waals surface area contributed by atoms with Crippen molar-refractivity contribution in [2.24, 2.45) is 10.8 Å². The molecule has 1 rings (SSSR count). The lowest BCUT2D eigenvalue weighted by molar-refractivity contribution is 0.0106. The van der Waals surface area contributed by atoms with Crippen molar-refractivity contribution in [3.8, 4) is 5.75 Å². The number of azide groups is 1. The van der Waals surface area contributed by atoms with Gasteiger partial charge < -0.3 is 24.7 Å². The minimum atomic E-state index is 0. The highest BCUT2D eigenvalue weighted by atomic mass is 35.5. The van der Waals surface area contributed by atoms with Gasteiger partial charge in [-0.15, -0.1) is 12.4 Å². The molecule has 0 aromatic heterocycles. The fourth-order valence-corrected chi connectivity index (χ4v) is 1.50. The van der Waals surface area contributed by atoms with Gasteiger partial charge in [-0.3, -0.25) is 0 Å². The summed E-state index contributed by atoms with van der Waals surface area (Å²) < 4.78 is 21.3. The van der Waals surface area contributed by atoms with Crippen LogP contribution in [0, 0.1) is 0 Å². The van der Waals surface area contributed by atoms with Crippen molar-refractivity contribution in [2.75, 3.05) is 52.8 Å². The van der Waals surface area contributed by atoms with Gasteiger partial charge in [-0.2, -0.15) is 0 Å². The van der Waals surface area contributed by atoms with Gasteiger partial charge in [0, 0.05) is 17.1 Å². The zero-order valence-electron chi connectivity index (χ0n) is 12.9. The molecular formula is C14H23ClN4O4. The predicted octanol–water partition coefficient (Wildman–Crippen LogP) is 2.44. The van der Waals surface area contributed by atoms with Crippen LogP contribution in [0.15, 0.2) is 29.4 Å². The summed E-state index contributed by atoms with van der Waals surface area (Å²) in [4.78, 5) is 2.71. The Bertz CT molecular complexity index is 441. The van der Waals surface area contributed by atoms with Gasteiger partial charge in [-0.1, -0.05) is 5.11 Å². The summed E-state index contributed by atoms with van der Waals surface area (Å²) in [6, 6.07) is 6.87. The average Bonchev–Trinajstić information content (AvgIpc) is 2.54. The molecule has 0 bridgehead atoms. The minimum absolute atomic E-state index is 0. The Morgan fingerprint density at radius 3 is 1.91 bits per heavy atom. The smallest absolute Gasteiger partial charge is 0.119 e. The lowest BCUT2D eigenvalue weighted by Crippen LogP contribution is -2.14. The molecule has 0 saturated carbocycles. The number of halogens is 1. The van der Waals surface area contributed by atoms with Gasteiger partial charge in [-0.25, -0.2) is 0 Å². The molecule has 0 radical (unpaired) electrons. The van der Waals surface area contributed by atoms with Crippen molar-refractivity contribution in [3.63, 3.8) is 0 Å². The lowest BCUT2D eigenvalue weighted by Gasteiger charge is -2.08. The maximum absolute atomic E-state index is 8.29. The Morgan fingerprint density at radius 2 is 1.39 bits per heavy atom. The van der Waals surface area contributed by atoms with Gasteiger partial charge in [0.25, 0.3) is 0 Å². The molecular weight excluding hydrogens is 324 g/mol. The normalized spacial score (nSPS) is 9.78. The molecule has 1 aromatic carbocycles. The van der Waals surface area contributed by atoms with Crippen LogP contribution >= 0.6 is 12.4 Å². The molecule has 0 aliphatic heterocycles. The van der Waals surface area contributed by atoms with Crippen molar-refractivity contribution in [1.82, 2.24) is 0 Å². The van der Waals surface area contributed by atoms with Gasteiger partial charge in [0.05, 0.1) is 39.6 Å². The zero-order chi connectivity index (χ0) is 15.9. The van der Waals surface area contributed by atoms with Crippen molar-refractivity contribution >= 4 is 18.1 Å². The second-order valence-electron chi connectivity index (χ2n) is 4.16. The summed E-state index contributed by atoms with van der Waals surface area (Å²) >= 11 is 0. The van der Waals surface area contributed by atoms with Gasteiger partial charge in [0.2, 0.25) is 0 Å². The van der Waals surface area contributed by atoms with E-state index in [1.165, 1.54) is 0 Å². The number of benzene rings is 1. The Balaban J connectivity index is 0.00000484. The largest absolute Gasteiger partial charge is 0.491 e. The zero-order valence-corrected chi connectivity index (χ0v) is 13.7. The lowest BCUT2D eigenvalue weighted by atomic mass is 10.3. The molecule has 0 heterocycles. The Kier molecular flexibility index (Phi) is 14.3. The van der Waals surface area contributed by atoms with Gasteiger partial charge in [-0.05, 0) is 29.8 Å². The summed E-state index contributed by atoms with van der Waals surface area (Å²) in [5, 5.41) is 3.48. The second kappa shape index (κ2) is 15.4. The molecule has 2 N–H and O–H groups in total. The van der Waals surface area contributed by atoms with Crippen LogP contribution in [-0.4, -0.2) is 52.8 Å². The Hall–Kier alpha value is -1.54. The molecule has 23 heavy (non-hydrogen) atoms. The molecule has 1 aromatic rings. The topological polar surface area (TPSA) is 112 Å². The maximum Gasteiger partial charge on any atom is 0.119 e. The van der Waals surface area contributed by atoms with Gasteiger partial charge in [0.1, 0.15) is 12.4 Å². The first-order valence-corrected chi connectivity index (χ1v) is 7.08. The first-order chi connectivity index (χ1) is 10.9. The van der Waals surface area contributed by atoms with E-state index in [2.05, 4.69) is 10.0 Å². The van der Waals surface area contributed by atoms with Crippen LogP contribution in [0.2, 0.25) is 0 Å². The van der Waals surface area contributed by atoms with E-state index in [9.17, 15) is 0 Å². The van der Waals surface area contributed by atoms with Crippen LogP contribution in [0.4, 0.5) is 5.69 Å². The van der Waals surface area contributed by atoms with E-state index in [-0.39, 0.29) is 12.4 Å². The third-order valence-electron chi connectivity index (χ3n) is 2.50. The highest BCUT2D eigenvalue weighted by Gasteiger charge is 1.95. The van der Waals surface area contributed by atoms with Crippen molar-refractivity contribution in [3.05, 3.63) is 34.7 Å². The molecule has 0 fully saturated rings. The average molecular weight is 347 g/mol. The number of nitrogens with two attached hydrogens (primary N) is 1. The highest BCUT2D eigenvalue weighted by molar-refractivity contribution is 5.85. The number of hydrogen-bond acceptors (Lipinski definition) is 6. The van der Waals surface area contributed by atoms with Gasteiger partial charge in [0.15, 0.2) is 0 Å². The molecule has 130 valence electrons. The third kappa shape index (κ3) is 11.7. The van der Waals surface area contributed by atoms with Crippen LogP contribution in [0.1, 0.15) is 0 Å². The van der Waals surface area contributed by atoms with Crippen molar-refractivity contribution < 1.29 is 18.9 Å². The summed E-state index contributed by atoms with van der Waals surface area (Å²) in [5.41, 5.74) is 14.1. The molecule has 0 saturated heterocycles. The Morgan fingerprint density at radius 1 is 0.870 bits per heavy atom. The fraction of sp³-hybridized carbons (Fsp3) is 0.571. The predicted molar refractivity (Wildman–Crippen MR) is 89.5 cm³/mol.